The summed E-state index contributed by atoms with van der Waals surface area (Å²) in [6, 6.07) is 5.60. The van der Waals surface area contributed by atoms with Crippen molar-refractivity contribution >= 4 is 17.3 Å². The van der Waals surface area contributed by atoms with Crippen LogP contribution in [0.15, 0.2) is 18.2 Å². The number of nitrogens with one attached hydrogen (secondary N) is 1. The van der Waals surface area contributed by atoms with Crippen LogP contribution in [-0.2, 0) is 0 Å². The summed E-state index contributed by atoms with van der Waals surface area (Å²) in [7, 11) is 1.63. The maximum Gasteiger partial charge on any atom is 0.120 e. The molecule has 0 aliphatic carbocycles. The van der Waals surface area contributed by atoms with Gasteiger partial charge in [0.05, 0.1) is 17.8 Å². The van der Waals surface area contributed by atoms with Gasteiger partial charge in [-0.15, -0.1) is 0 Å². The normalized spacial score (nSPS) is 10.1. The molecule has 0 bridgehead atoms. The quantitative estimate of drug-likeness (QED) is 0.736. The fourth-order valence-electron chi connectivity index (χ4n) is 1.26. The number of unbranched alkanes of at least 4 members (excludes halogenated alkanes) is 1. The van der Waals surface area contributed by atoms with Gasteiger partial charge in [0, 0.05) is 12.6 Å². The zero-order chi connectivity index (χ0) is 11.1. The third-order valence-corrected chi connectivity index (χ3v) is 2.44. The highest BCUT2D eigenvalue weighted by Crippen LogP contribution is 2.26. The van der Waals surface area contributed by atoms with Crippen molar-refractivity contribution in [3.05, 3.63) is 23.2 Å². The molecule has 4 heteroatoms. The minimum Gasteiger partial charge on any atom is -0.497 e. The van der Waals surface area contributed by atoms with Crippen LogP contribution in [-0.4, -0.2) is 20.2 Å². The Balaban J connectivity index is 2.47. The lowest BCUT2D eigenvalue weighted by molar-refractivity contribution is 0.415. The number of hydrogen-bond acceptors (Lipinski definition) is 3. The summed E-state index contributed by atoms with van der Waals surface area (Å²) in [6.45, 7) is 1.63. The average Bonchev–Trinajstić information content (AvgIpc) is 2.26. The van der Waals surface area contributed by atoms with Crippen molar-refractivity contribution in [1.29, 1.82) is 0 Å². The van der Waals surface area contributed by atoms with Gasteiger partial charge in [-0.1, -0.05) is 11.6 Å². The summed E-state index contributed by atoms with van der Waals surface area (Å²) >= 11 is 6.05. The van der Waals surface area contributed by atoms with E-state index >= 15 is 0 Å². The van der Waals surface area contributed by atoms with Gasteiger partial charge in [-0.2, -0.15) is 0 Å². The van der Waals surface area contributed by atoms with Gasteiger partial charge >= 0.3 is 0 Å². The van der Waals surface area contributed by atoms with Crippen LogP contribution in [0.5, 0.6) is 5.75 Å². The second-order valence-corrected chi connectivity index (χ2v) is 3.68. The highest BCUT2D eigenvalue weighted by molar-refractivity contribution is 6.33. The number of halogens is 1. The SMILES string of the molecule is COc1ccc(NCCCCN)c(Cl)c1. The van der Waals surface area contributed by atoms with Crippen molar-refractivity contribution in [1.82, 2.24) is 0 Å². The summed E-state index contributed by atoms with van der Waals surface area (Å²) in [5, 5.41) is 3.94. The first-order valence-corrected chi connectivity index (χ1v) is 5.43. The standard InChI is InChI=1S/C11H17ClN2O/c1-15-9-4-5-11(10(12)8-9)14-7-3-2-6-13/h4-5,8,14H,2-3,6-7,13H2,1H3. The molecule has 0 aliphatic heterocycles. The Morgan fingerprint density at radius 3 is 2.80 bits per heavy atom. The van der Waals surface area contributed by atoms with Gasteiger partial charge in [-0.25, -0.2) is 0 Å². The highest BCUT2D eigenvalue weighted by Gasteiger charge is 2.00. The molecule has 0 spiro atoms. The number of nitrogens with two attached hydrogens (primary N) is 1. The third-order valence-electron chi connectivity index (χ3n) is 2.12. The fraction of sp³-hybridized carbons (Fsp3) is 0.455. The zero-order valence-electron chi connectivity index (χ0n) is 8.92. The van der Waals surface area contributed by atoms with E-state index in [9.17, 15) is 0 Å². The van der Waals surface area contributed by atoms with E-state index in [1.54, 1.807) is 13.2 Å². The molecule has 0 radical (unpaired) electrons. The van der Waals surface area contributed by atoms with Gasteiger partial charge in [-0.05, 0) is 31.5 Å². The van der Waals surface area contributed by atoms with Gasteiger partial charge in [0.1, 0.15) is 5.75 Å². The smallest absolute Gasteiger partial charge is 0.120 e. The molecule has 84 valence electrons. The Hall–Kier alpha value is -0.930. The molecule has 1 aromatic carbocycles. The largest absolute Gasteiger partial charge is 0.497 e. The fourth-order valence-corrected chi connectivity index (χ4v) is 1.50. The molecule has 1 rings (SSSR count). The first-order valence-electron chi connectivity index (χ1n) is 5.05. The zero-order valence-corrected chi connectivity index (χ0v) is 9.68. The van der Waals surface area contributed by atoms with Crippen LogP contribution in [0.2, 0.25) is 5.02 Å². The predicted molar refractivity (Wildman–Crippen MR) is 64.8 cm³/mol. The van der Waals surface area contributed by atoms with Crippen molar-refractivity contribution in [2.24, 2.45) is 5.73 Å². The van der Waals surface area contributed by atoms with E-state index in [4.69, 9.17) is 22.1 Å². The second kappa shape index (κ2) is 6.53. The molecule has 3 nitrogen and oxygen atoms in total. The maximum absolute atomic E-state index is 6.05. The van der Waals surface area contributed by atoms with Crippen molar-refractivity contribution < 1.29 is 4.74 Å². The Morgan fingerprint density at radius 2 is 2.20 bits per heavy atom. The number of rotatable bonds is 6. The van der Waals surface area contributed by atoms with Crippen LogP contribution in [0.4, 0.5) is 5.69 Å². The van der Waals surface area contributed by atoms with E-state index in [0.717, 1.165) is 37.4 Å². The Morgan fingerprint density at radius 1 is 1.40 bits per heavy atom. The molecule has 0 atom stereocenters. The summed E-state index contributed by atoms with van der Waals surface area (Å²) in [4.78, 5) is 0. The van der Waals surface area contributed by atoms with Gasteiger partial charge in [-0.3, -0.25) is 0 Å². The van der Waals surface area contributed by atoms with Crippen molar-refractivity contribution in [2.45, 2.75) is 12.8 Å². The molecular weight excluding hydrogens is 212 g/mol. The molecule has 0 fully saturated rings. The lowest BCUT2D eigenvalue weighted by atomic mass is 10.2. The Bertz CT molecular complexity index is 305. The van der Waals surface area contributed by atoms with Crippen LogP contribution in [0.1, 0.15) is 12.8 Å². The van der Waals surface area contributed by atoms with Crippen molar-refractivity contribution in [3.8, 4) is 5.75 Å². The molecule has 0 aromatic heterocycles. The van der Waals surface area contributed by atoms with Gasteiger partial charge in [0.25, 0.3) is 0 Å². The summed E-state index contributed by atoms with van der Waals surface area (Å²) < 4.78 is 5.06. The van der Waals surface area contributed by atoms with E-state index in [-0.39, 0.29) is 0 Å². The first-order chi connectivity index (χ1) is 7.27. The molecule has 0 amide bonds. The van der Waals surface area contributed by atoms with Crippen LogP contribution in [0.25, 0.3) is 0 Å². The summed E-state index contributed by atoms with van der Waals surface area (Å²) in [5.41, 5.74) is 6.34. The maximum atomic E-state index is 6.05. The molecule has 1 aromatic rings. The number of benzene rings is 1. The van der Waals surface area contributed by atoms with Crippen LogP contribution in [0, 0.1) is 0 Å². The highest BCUT2D eigenvalue weighted by atomic mass is 35.5. The van der Waals surface area contributed by atoms with Gasteiger partial charge in [0.15, 0.2) is 0 Å². The molecule has 0 saturated heterocycles. The lowest BCUT2D eigenvalue weighted by Crippen LogP contribution is -2.05. The first kappa shape index (κ1) is 12.1. The molecule has 0 heterocycles. The molecule has 15 heavy (non-hydrogen) atoms. The second-order valence-electron chi connectivity index (χ2n) is 3.27. The molecule has 3 N–H and O–H groups in total. The number of methoxy groups -OCH3 is 1. The predicted octanol–water partition coefficient (Wildman–Crippen LogP) is 2.50. The van der Waals surface area contributed by atoms with Crippen LogP contribution in [0.3, 0.4) is 0 Å². The Kier molecular flexibility index (Phi) is 5.29. The number of hydrogen-bond donors (Lipinski definition) is 2. The summed E-state index contributed by atoms with van der Waals surface area (Å²) in [6.07, 6.45) is 2.08. The average molecular weight is 229 g/mol. The molecule has 0 unspecified atom stereocenters. The van der Waals surface area contributed by atoms with E-state index in [0.29, 0.717) is 5.02 Å². The van der Waals surface area contributed by atoms with Crippen molar-refractivity contribution in [2.75, 3.05) is 25.5 Å². The Labute approximate surface area is 95.6 Å². The van der Waals surface area contributed by atoms with Gasteiger partial charge in [0.2, 0.25) is 0 Å². The molecule has 0 saturated carbocycles. The number of anilines is 1. The number of ether oxygens (including phenoxy) is 1. The summed E-state index contributed by atoms with van der Waals surface area (Å²) in [5.74, 6) is 0.771. The van der Waals surface area contributed by atoms with E-state index in [1.165, 1.54) is 0 Å². The van der Waals surface area contributed by atoms with Crippen LogP contribution >= 0.6 is 11.6 Å². The van der Waals surface area contributed by atoms with E-state index in [1.807, 2.05) is 12.1 Å². The minimum atomic E-state index is 0.682. The molecular formula is C11H17ClN2O. The third kappa shape index (κ3) is 3.98. The van der Waals surface area contributed by atoms with Gasteiger partial charge < -0.3 is 15.8 Å². The van der Waals surface area contributed by atoms with E-state index in [2.05, 4.69) is 5.32 Å². The molecule has 0 aliphatic rings. The van der Waals surface area contributed by atoms with E-state index < -0.39 is 0 Å². The minimum absolute atomic E-state index is 0.682. The monoisotopic (exact) mass is 228 g/mol. The lowest BCUT2D eigenvalue weighted by Gasteiger charge is -2.09. The van der Waals surface area contributed by atoms with Crippen LogP contribution < -0.4 is 15.8 Å². The van der Waals surface area contributed by atoms with Crippen molar-refractivity contribution in [3.63, 3.8) is 0 Å². The topological polar surface area (TPSA) is 47.3 Å².